The van der Waals surface area contributed by atoms with Gasteiger partial charge in [0.05, 0.1) is 0 Å². The molecular weight excluding hydrogens is 373 g/mol. The molecular formula is C11H23NO2Pt. The molecule has 1 saturated carbocycles. The Hall–Kier alpha value is 0.568. The van der Waals surface area contributed by atoms with Crippen LogP contribution in [0, 0.1) is 10.8 Å². The van der Waals surface area contributed by atoms with Crippen LogP contribution in [0.25, 0.3) is 0 Å². The second kappa shape index (κ2) is 7.00. The first kappa shape index (κ1) is 20.9. The van der Waals surface area contributed by atoms with Crippen LogP contribution in [0.15, 0.2) is 0 Å². The van der Waals surface area contributed by atoms with Crippen molar-refractivity contribution in [3.05, 3.63) is 0 Å². The normalized spacial score (nSPS) is 33.0. The van der Waals surface area contributed by atoms with Crippen molar-refractivity contribution in [2.24, 2.45) is 16.6 Å². The second-order valence-corrected chi connectivity index (χ2v) is 5.67. The summed E-state index contributed by atoms with van der Waals surface area (Å²) in [6.07, 6.45) is 5.02. The van der Waals surface area contributed by atoms with Crippen LogP contribution in [0.4, 0.5) is 0 Å². The summed E-state index contributed by atoms with van der Waals surface area (Å²) in [5.41, 5.74) is 7.02. The van der Waals surface area contributed by atoms with Crippen LogP contribution >= 0.6 is 0 Å². The van der Waals surface area contributed by atoms with E-state index in [0.717, 1.165) is 0 Å². The second-order valence-electron chi connectivity index (χ2n) is 5.67. The van der Waals surface area contributed by atoms with Crippen molar-refractivity contribution in [2.45, 2.75) is 59.4 Å². The maximum absolute atomic E-state index is 6.06. The third-order valence-corrected chi connectivity index (χ3v) is 3.33. The monoisotopic (exact) mass is 396 g/mol. The van der Waals surface area contributed by atoms with Crippen LogP contribution in [0.3, 0.4) is 0 Å². The smallest absolute Gasteiger partial charge is 2.00 e. The van der Waals surface area contributed by atoms with Crippen molar-refractivity contribution < 1.29 is 32.0 Å². The molecule has 94 valence electrons. The molecule has 0 radical (unpaired) electrons. The topological polar surface area (TPSA) is 83.0 Å². The third kappa shape index (κ3) is 6.01. The SMILES string of the molecule is CCC1(C)CC(N)CC(C)(C)C1.[O-2].[O-2].[Pt+4]. The Bertz CT molecular complexity index is 176. The van der Waals surface area contributed by atoms with E-state index in [1.165, 1.54) is 25.7 Å². The number of hydrogen-bond acceptors (Lipinski definition) is 1. The van der Waals surface area contributed by atoms with Gasteiger partial charge in [-0.25, -0.2) is 0 Å². The summed E-state index contributed by atoms with van der Waals surface area (Å²) in [7, 11) is 0. The van der Waals surface area contributed by atoms with Gasteiger partial charge in [-0.15, -0.1) is 0 Å². The quantitative estimate of drug-likeness (QED) is 0.726. The van der Waals surface area contributed by atoms with Crippen LogP contribution in [-0.2, 0) is 32.0 Å². The van der Waals surface area contributed by atoms with Gasteiger partial charge in [0.15, 0.2) is 0 Å². The molecule has 2 N–H and O–H groups in total. The molecule has 2 unspecified atom stereocenters. The molecule has 1 rings (SSSR count). The summed E-state index contributed by atoms with van der Waals surface area (Å²) >= 11 is 0. The minimum atomic E-state index is 0. The van der Waals surface area contributed by atoms with Crippen molar-refractivity contribution in [3.8, 4) is 0 Å². The van der Waals surface area contributed by atoms with Gasteiger partial charge in [0.1, 0.15) is 0 Å². The van der Waals surface area contributed by atoms with Crippen LogP contribution in [0.1, 0.15) is 53.4 Å². The Morgan fingerprint density at radius 2 is 1.60 bits per heavy atom. The van der Waals surface area contributed by atoms with Crippen molar-refractivity contribution in [1.29, 1.82) is 0 Å². The fourth-order valence-electron chi connectivity index (χ4n) is 2.98. The van der Waals surface area contributed by atoms with Crippen LogP contribution in [0.5, 0.6) is 0 Å². The molecule has 0 spiro atoms. The number of hydrogen-bond donors (Lipinski definition) is 1. The van der Waals surface area contributed by atoms with Crippen LogP contribution in [0.2, 0.25) is 0 Å². The first-order valence-electron chi connectivity index (χ1n) is 5.12. The Morgan fingerprint density at radius 3 is 1.93 bits per heavy atom. The van der Waals surface area contributed by atoms with Gasteiger partial charge >= 0.3 is 21.1 Å². The van der Waals surface area contributed by atoms with E-state index in [1.807, 2.05) is 0 Å². The van der Waals surface area contributed by atoms with Crippen molar-refractivity contribution >= 4 is 0 Å². The van der Waals surface area contributed by atoms with E-state index in [-0.39, 0.29) is 32.0 Å². The molecule has 0 aromatic heterocycles. The predicted molar refractivity (Wildman–Crippen MR) is 55.4 cm³/mol. The maximum Gasteiger partial charge on any atom is 4.00 e. The van der Waals surface area contributed by atoms with E-state index in [4.69, 9.17) is 5.73 Å². The first-order chi connectivity index (χ1) is 5.37. The van der Waals surface area contributed by atoms with Gasteiger partial charge in [0.2, 0.25) is 0 Å². The molecule has 0 aliphatic heterocycles. The Morgan fingerprint density at radius 1 is 1.13 bits per heavy atom. The molecule has 0 amide bonds. The Balaban J connectivity index is -0.000000480. The molecule has 1 fully saturated rings. The van der Waals surface area contributed by atoms with Gasteiger partial charge in [-0.05, 0) is 30.1 Å². The minimum Gasteiger partial charge on any atom is -2.00 e. The fourth-order valence-corrected chi connectivity index (χ4v) is 2.98. The molecule has 0 bridgehead atoms. The molecule has 0 aromatic carbocycles. The number of rotatable bonds is 1. The van der Waals surface area contributed by atoms with Gasteiger partial charge in [0.25, 0.3) is 0 Å². The summed E-state index contributed by atoms with van der Waals surface area (Å²) in [6.45, 7) is 9.36. The van der Waals surface area contributed by atoms with Crippen LogP contribution in [-0.4, -0.2) is 6.04 Å². The van der Waals surface area contributed by atoms with Gasteiger partial charge in [-0.1, -0.05) is 34.1 Å². The fraction of sp³-hybridized carbons (Fsp3) is 1.00. The largest absolute Gasteiger partial charge is 4.00 e. The van der Waals surface area contributed by atoms with E-state index in [1.54, 1.807) is 0 Å². The first-order valence-corrected chi connectivity index (χ1v) is 5.12. The van der Waals surface area contributed by atoms with Crippen LogP contribution < -0.4 is 5.73 Å². The number of nitrogens with two attached hydrogens (primary N) is 1. The zero-order valence-corrected chi connectivity index (χ0v) is 12.4. The van der Waals surface area contributed by atoms with Gasteiger partial charge in [-0.2, -0.15) is 0 Å². The molecule has 2 atom stereocenters. The zero-order valence-electron chi connectivity index (χ0n) is 10.1. The van der Waals surface area contributed by atoms with E-state index < -0.39 is 0 Å². The standard InChI is InChI=1S/C11H23N.2O.Pt/c1-5-11(4)7-9(12)6-10(2,3)8-11;;;/h9H,5-8,12H2,1-4H3;;;/q;2*-2;+4. The molecule has 0 aromatic rings. The maximum atomic E-state index is 6.06. The molecule has 0 heterocycles. The summed E-state index contributed by atoms with van der Waals surface area (Å²) < 4.78 is 0. The van der Waals surface area contributed by atoms with Crippen molar-refractivity contribution in [1.82, 2.24) is 0 Å². The summed E-state index contributed by atoms with van der Waals surface area (Å²) in [4.78, 5) is 0. The summed E-state index contributed by atoms with van der Waals surface area (Å²) in [5.74, 6) is 0. The van der Waals surface area contributed by atoms with Crippen molar-refractivity contribution in [2.75, 3.05) is 0 Å². The summed E-state index contributed by atoms with van der Waals surface area (Å²) in [5, 5.41) is 0. The van der Waals surface area contributed by atoms with E-state index in [2.05, 4.69) is 27.7 Å². The molecule has 3 nitrogen and oxygen atoms in total. The average molecular weight is 396 g/mol. The minimum absolute atomic E-state index is 0. The van der Waals surface area contributed by atoms with Gasteiger partial charge < -0.3 is 16.7 Å². The zero-order chi connectivity index (χ0) is 9.41. The molecule has 15 heavy (non-hydrogen) atoms. The molecule has 1 aliphatic rings. The summed E-state index contributed by atoms with van der Waals surface area (Å²) in [6, 6.07) is 0.429. The van der Waals surface area contributed by atoms with E-state index in [9.17, 15) is 0 Å². The van der Waals surface area contributed by atoms with Gasteiger partial charge in [-0.3, -0.25) is 0 Å². The van der Waals surface area contributed by atoms with E-state index in [0.29, 0.717) is 16.9 Å². The average Bonchev–Trinajstić information content (AvgIpc) is 1.82. The van der Waals surface area contributed by atoms with Gasteiger partial charge in [0, 0.05) is 6.04 Å². The van der Waals surface area contributed by atoms with Crippen molar-refractivity contribution in [3.63, 3.8) is 0 Å². The molecule has 4 heteroatoms. The molecule has 1 aliphatic carbocycles. The Labute approximate surface area is 108 Å². The predicted octanol–water partition coefficient (Wildman–Crippen LogP) is 2.70. The Kier molecular flexibility index (Phi) is 9.77. The van der Waals surface area contributed by atoms with E-state index >= 15 is 0 Å². The molecule has 0 saturated heterocycles. The third-order valence-electron chi connectivity index (χ3n) is 3.33.